The van der Waals surface area contributed by atoms with E-state index in [0.717, 1.165) is 12.0 Å². The molecular weight excluding hydrogens is 424 g/mol. The predicted molar refractivity (Wildman–Crippen MR) is 123 cm³/mol. The number of likely N-dealkylation sites (N-methyl/N-ethyl adjacent to an activating group) is 1. The molecule has 0 N–H and O–H groups in total. The van der Waals surface area contributed by atoms with Crippen molar-refractivity contribution in [2.45, 2.75) is 19.9 Å². The van der Waals surface area contributed by atoms with E-state index < -0.39 is 0 Å². The fourth-order valence-corrected chi connectivity index (χ4v) is 3.90. The van der Waals surface area contributed by atoms with E-state index in [1.165, 1.54) is 4.90 Å². The lowest BCUT2D eigenvalue weighted by atomic mass is 10.0. The van der Waals surface area contributed by atoms with Crippen molar-refractivity contribution in [3.05, 3.63) is 101 Å². The molecule has 1 aliphatic rings. The van der Waals surface area contributed by atoms with E-state index in [1.807, 2.05) is 36.1 Å². The third kappa shape index (κ3) is 4.55. The summed E-state index contributed by atoms with van der Waals surface area (Å²) in [5.74, 6) is -0.623. The average molecular weight is 447 g/mol. The third-order valence-electron chi connectivity index (χ3n) is 5.44. The first kappa shape index (κ1) is 21.7. The first-order valence-electron chi connectivity index (χ1n) is 10.5. The molecule has 3 heterocycles. The van der Waals surface area contributed by atoms with Crippen LogP contribution in [-0.2, 0) is 22.6 Å². The van der Waals surface area contributed by atoms with E-state index in [4.69, 9.17) is 11.6 Å². The molecule has 7 heteroatoms. The van der Waals surface area contributed by atoms with Gasteiger partial charge in [0.05, 0.1) is 17.8 Å². The third-order valence-corrected chi connectivity index (χ3v) is 5.69. The Hall–Kier alpha value is -3.51. The van der Waals surface area contributed by atoms with Gasteiger partial charge in [0.1, 0.15) is 5.70 Å². The Labute approximate surface area is 192 Å². The van der Waals surface area contributed by atoms with Gasteiger partial charge < -0.3 is 4.90 Å². The second kappa shape index (κ2) is 9.75. The summed E-state index contributed by atoms with van der Waals surface area (Å²) in [6.45, 7) is 3.30. The molecule has 32 heavy (non-hydrogen) atoms. The van der Waals surface area contributed by atoms with Crippen molar-refractivity contribution < 1.29 is 9.59 Å². The summed E-state index contributed by atoms with van der Waals surface area (Å²) in [7, 11) is 0. The summed E-state index contributed by atoms with van der Waals surface area (Å²) in [5, 5.41) is 0.572. The van der Waals surface area contributed by atoms with Crippen LogP contribution in [0.15, 0.2) is 78.9 Å². The van der Waals surface area contributed by atoms with Gasteiger partial charge in [0.2, 0.25) is 0 Å². The fourth-order valence-electron chi connectivity index (χ4n) is 3.77. The van der Waals surface area contributed by atoms with E-state index in [0.29, 0.717) is 40.6 Å². The molecule has 162 valence electrons. The van der Waals surface area contributed by atoms with E-state index in [1.54, 1.807) is 48.9 Å². The summed E-state index contributed by atoms with van der Waals surface area (Å²) >= 11 is 6.06. The molecule has 0 aliphatic carbocycles. The molecule has 6 nitrogen and oxygen atoms in total. The van der Waals surface area contributed by atoms with Gasteiger partial charge in [-0.2, -0.15) is 0 Å². The lowest BCUT2D eigenvalue weighted by Crippen LogP contribution is -2.35. The maximum absolute atomic E-state index is 13.5. The van der Waals surface area contributed by atoms with Crippen molar-refractivity contribution in [1.82, 2.24) is 19.8 Å². The zero-order valence-electron chi connectivity index (χ0n) is 17.7. The topological polar surface area (TPSA) is 66.4 Å². The van der Waals surface area contributed by atoms with Gasteiger partial charge in [0, 0.05) is 36.7 Å². The highest BCUT2D eigenvalue weighted by Crippen LogP contribution is 2.33. The summed E-state index contributed by atoms with van der Waals surface area (Å²) < 4.78 is 0. The SMILES string of the molecule is CCN(CCc1ccncc1)C1=C(c2ccc(Cl)cc2)C(=O)N(Cc2ccccn2)C1=O. The highest BCUT2D eigenvalue weighted by Gasteiger charge is 2.41. The molecule has 1 aliphatic heterocycles. The minimum atomic E-state index is -0.319. The number of aromatic nitrogens is 2. The molecule has 1 aromatic carbocycles. The first-order chi connectivity index (χ1) is 15.6. The van der Waals surface area contributed by atoms with Gasteiger partial charge >= 0.3 is 0 Å². The van der Waals surface area contributed by atoms with Crippen LogP contribution in [0.2, 0.25) is 5.02 Å². The van der Waals surface area contributed by atoms with Crippen LogP contribution in [0.4, 0.5) is 0 Å². The van der Waals surface area contributed by atoms with Gasteiger partial charge in [-0.25, -0.2) is 0 Å². The van der Waals surface area contributed by atoms with Crippen LogP contribution in [0.1, 0.15) is 23.7 Å². The Bertz CT molecular complexity index is 1130. The normalized spacial score (nSPS) is 13.8. The average Bonchev–Trinajstić information content (AvgIpc) is 3.06. The number of halogens is 1. The molecule has 0 atom stereocenters. The largest absolute Gasteiger partial charge is 0.366 e. The van der Waals surface area contributed by atoms with E-state index in [-0.39, 0.29) is 18.4 Å². The number of nitrogens with zero attached hydrogens (tertiary/aromatic N) is 4. The highest BCUT2D eigenvalue weighted by molar-refractivity contribution is 6.35. The Morgan fingerprint density at radius 3 is 2.34 bits per heavy atom. The van der Waals surface area contributed by atoms with Crippen LogP contribution in [0, 0.1) is 0 Å². The molecule has 0 spiro atoms. The first-order valence-corrected chi connectivity index (χ1v) is 10.9. The molecular formula is C25H23ClN4O2. The number of carbonyl (C=O) groups is 2. The van der Waals surface area contributed by atoms with Crippen LogP contribution < -0.4 is 0 Å². The lowest BCUT2D eigenvalue weighted by molar-refractivity contribution is -0.138. The predicted octanol–water partition coefficient (Wildman–Crippen LogP) is 3.97. The molecule has 0 radical (unpaired) electrons. The molecule has 3 aromatic rings. The van der Waals surface area contributed by atoms with Crippen LogP contribution >= 0.6 is 11.6 Å². The second-order valence-corrected chi connectivity index (χ2v) is 7.87. The Morgan fingerprint density at radius 2 is 1.69 bits per heavy atom. The minimum Gasteiger partial charge on any atom is -0.366 e. The van der Waals surface area contributed by atoms with E-state index >= 15 is 0 Å². The van der Waals surface area contributed by atoms with Gasteiger partial charge in [-0.1, -0.05) is 29.8 Å². The van der Waals surface area contributed by atoms with Crippen molar-refractivity contribution in [3.8, 4) is 0 Å². The van der Waals surface area contributed by atoms with E-state index in [2.05, 4.69) is 9.97 Å². The number of pyridine rings is 2. The molecule has 0 unspecified atom stereocenters. The number of rotatable bonds is 8. The number of benzene rings is 1. The Balaban J connectivity index is 1.69. The maximum Gasteiger partial charge on any atom is 0.278 e. The molecule has 2 aromatic heterocycles. The van der Waals surface area contributed by atoms with Gasteiger partial charge in [0.15, 0.2) is 0 Å². The molecule has 0 fully saturated rings. The second-order valence-electron chi connectivity index (χ2n) is 7.43. The Kier molecular flexibility index (Phi) is 6.61. The monoisotopic (exact) mass is 446 g/mol. The van der Waals surface area contributed by atoms with Crippen molar-refractivity contribution in [2.24, 2.45) is 0 Å². The van der Waals surface area contributed by atoms with Gasteiger partial charge in [0.25, 0.3) is 11.8 Å². The number of hydrogen-bond donors (Lipinski definition) is 0. The van der Waals surface area contributed by atoms with Gasteiger partial charge in [-0.3, -0.25) is 24.5 Å². The van der Waals surface area contributed by atoms with Crippen LogP contribution in [0.5, 0.6) is 0 Å². The molecule has 0 bridgehead atoms. The number of hydrogen-bond acceptors (Lipinski definition) is 5. The van der Waals surface area contributed by atoms with Crippen molar-refractivity contribution >= 4 is 29.0 Å². The standard InChI is InChI=1S/C25H23ClN4O2/c1-2-29(16-12-18-10-14-27-15-11-18)23-22(19-6-8-20(26)9-7-19)24(31)30(25(23)32)17-21-5-3-4-13-28-21/h3-11,13-15H,2,12,16-17H2,1H3. The summed E-state index contributed by atoms with van der Waals surface area (Å²) in [6, 6.07) is 16.4. The highest BCUT2D eigenvalue weighted by atomic mass is 35.5. The lowest BCUT2D eigenvalue weighted by Gasteiger charge is -2.24. The van der Waals surface area contributed by atoms with Crippen molar-refractivity contribution in [2.75, 3.05) is 13.1 Å². The fraction of sp³-hybridized carbons (Fsp3) is 0.200. The van der Waals surface area contributed by atoms with Crippen LogP contribution in [0.3, 0.4) is 0 Å². The van der Waals surface area contributed by atoms with E-state index in [9.17, 15) is 9.59 Å². The molecule has 2 amide bonds. The summed E-state index contributed by atoms with van der Waals surface area (Å²) in [5.41, 5.74) is 3.28. The van der Waals surface area contributed by atoms with Crippen molar-refractivity contribution in [1.29, 1.82) is 0 Å². The number of amides is 2. The maximum atomic E-state index is 13.5. The molecule has 4 rings (SSSR count). The van der Waals surface area contributed by atoms with Gasteiger partial charge in [-0.05, 0) is 60.9 Å². The smallest absolute Gasteiger partial charge is 0.278 e. The van der Waals surface area contributed by atoms with Gasteiger partial charge in [-0.15, -0.1) is 0 Å². The summed E-state index contributed by atoms with van der Waals surface area (Å²) in [4.78, 5) is 38.6. The zero-order valence-corrected chi connectivity index (χ0v) is 18.5. The Morgan fingerprint density at radius 1 is 0.938 bits per heavy atom. The minimum absolute atomic E-state index is 0.126. The van der Waals surface area contributed by atoms with Crippen LogP contribution in [-0.4, -0.2) is 44.7 Å². The number of carbonyl (C=O) groups excluding carboxylic acids is 2. The molecule has 0 saturated carbocycles. The van der Waals surface area contributed by atoms with Crippen molar-refractivity contribution in [3.63, 3.8) is 0 Å². The molecule has 0 saturated heterocycles. The van der Waals surface area contributed by atoms with Crippen LogP contribution in [0.25, 0.3) is 5.57 Å². The quantitative estimate of drug-likeness (QED) is 0.490. The zero-order chi connectivity index (χ0) is 22.5. The number of imide groups is 1. The summed E-state index contributed by atoms with van der Waals surface area (Å²) in [6.07, 6.45) is 5.89.